The lowest BCUT2D eigenvalue weighted by Crippen LogP contribution is -2.58. The third-order valence-corrected chi connectivity index (χ3v) is 5.49. The molecule has 2 aromatic heterocycles. The summed E-state index contributed by atoms with van der Waals surface area (Å²) in [6.45, 7) is 1.78. The molecule has 34 heavy (non-hydrogen) atoms. The van der Waals surface area contributed by atoms with Crippen molar-refractivity contribution in [1.29, 1.82) is 0 Å². The van der Waals surface area contributed by atoms with Crippen LogP contribution in [0.3, 0.4) is 0 Å². The van der Waals surface area contributed by atoms with E-state index in [-0.39, 0.29) is 35.6 Å². The lowest BCUT2D eigenvalue weighted by Gasteiger charge is -2.36. The van der Waals surface area contributed by atoms with Crippen LogP contribution in [0, 0.1) is 18.7 Å². The van der Waals surface area contributed by atoms with E-state index in [4.69, 9.17) is 0 Å². The number of hydrazine groups is 1. The molecule has 1 aliphatic rings. The minimum atomic E-state index is -0.776. The number of carbonyl (C=O) groups is 4. The van der Waals surface area contributed by atoms with Crippen LogP contribution in [-0.4, -0.2) is 58.3 Å². The molecule has 1 aliphatic heterocycles. The van der Waals surface area contributed by atoms with Crippen molar-refractivity contribution in [2.45, 2.75) is 6.92 Å². The van der Waals surface area contributed by atoms with E-state index in [0.29, 0.717) is 5.65 Å². The van der Waals surface area contributed by atoms with Gasteiger partial charge in [0.05, 0.1) is 19.2 Å². The number of rotatable bonds is 4. The lowest BCUT2D eigenvalue weighted by atomic mass is 10.0. The van der Waals surface area contributed by atoms with Crippen LogP contribution >= 0.6 is 0 Å². The number of fused-ring (bicyclic) bond motifs is 1. The number of methoxy groups -OCH3 is 1. The molecule has 3 N–H and O–H groups in total. The SMILES string of the molecule is COC(=O)N1CC(C(=O)NNC(=O)c2cc(F)c(C)c(NC(=O)c3cnc4ccccn34)c2)C1. The van der Waals surface area contributed by atoms with Crippen LogP contribution in [0.5, 0.6) is 0 Å². The summed E-state index contributed by atoms with van der Waals surface area (Å²) < 4.78 is 20.6. The number of imidazole rings is 1. The Bertz CT molecular complexity index is 1300. The number of carbonyl (C=O) groups excluding carboxylic acids is 4. The first-order valence-electron chi connectivity index (χ1n) is 10.2. The maximum absolute atomic E-state index is 14.5. The minimum Gasteiger partial charge on any atom is -0.453 e. The normalized spacial score (nSPS) is 13.2. The Balaban J connectivity index is 1.42. The van der Waals surface area contributed by atoms with E-state index in [9.17, 15) is 23.6 Å². The van der Waals surface area contributed by atoms with Crippen molar-refractivity contribution in [1.82, 2.24) is 25.1 Å². The van der Waals surface area contributed by atoms with E-state index in [2.05, 4.69) is 25.9 Å². The fraction of sp³-hybridized carbons (Fsp3) is 0.227. The number of halogens is 1. The molecule has 4 amide bonds. The van der Waals surface area contributed by atoms with Gasteiger partial charge >= 0.3 is 6.09 Å². The van der Waals surface area contributed by atoms with Crippen LogP contribution in [0.25, 0.3) is 5.65 Å². The highest BCUT2D eigenvalue weighted by atomic mass is 19.1. The highest BCUT2D eigenvalue weighted by molar-refractivity contribution is 6.05. The van der Waals surface area contributed by atoms with Crippen LogP contribution < -0.4 is 16.2 Å². The number of amides is 4. The van der Waals surface area contributed by atoms with E-state index >= 15 is 0 Å². The van der Waals surface area contributed by atoms with Gasteiger partial charge in [0.2, 0.25) is 5.91 Å². The molecular formula is C22H21FN6O5. The number of ether oxygens (including phenoxy) is 1. The molecule has 176 valence electrons. The van der Waals surface area contributed by atoms with Gasteiger partial charge in [0.25, 0.3) is 11.8 Å². The Morgan fingerprint density at radius 1 is 1.12 bits per heavy atom. The predicted octanol–water partition coefficient (Wildman–Crippen LogP) is 1.49. The quantitative estimate of drug-likeness (QED) is 0.497. The smallest absolute Gasteiger partial charge is 0.409 e. The Labute approximate surface area is 192 Å². The number of pyridine rings is 1. The zero-order chi connectivity index (χ0) is 24.4. The van der Waals surface area contributed by atoms with Crippen LogP contribution in [0.1, 0.15) is 26.4 Å². The molecule has 1 fully saturated rings. The van der Waals surface area contributed by atoms with Gasteiger partial charge in [-0.2, -0.15) is 0 Å². The van der Waals surface area contributed by atoms with Crippen molar-refractivity contribution in [3.05, 3.63) is 65.4 Å². The number of hydrogen-bond donors (Lipinski definition) is 3. The van der Waals surface area contributed by atoms with Gasteiger partial charge in [0.1, 0.15) is 17.2 Å². The van der Waals surface area contributed by atoms with Crippen LogP contribution in [-0.2, 0) is 9.53 Å². The molecule has 0 spiro atoms. The van der Waals surface area contributed by atoms with E-state index in [0.717, 1.165) is 6.07 Å². The molecule has 11 nitrogen and oxygen atoms in total. The van der Waals surface area contributed by atoms with Crippen molar-refractivity contribution in [3.63, 3.8) is 0 Å². The summed E-state index contributed by atoms with van der Waals surface area (Å²) in [6, 6.07) is 7.57. The van der Waals surface area contributed by atoms with E-state index in [1.807, 2.05) is 0 Å². The zero-order valence-electron chi connectivity index (χ0n) is 18.3. The van der Waals surface area contributed by atoms with Gasteiger partial charge in [-0.05, 0) is 31.2 Å². The van der Waals surface area contributed by atoms with Gasteiger partial charge in [-0.25, -0.2) is 14.2 Å². The van der Waals surface area contributed by atoms with Crippen molar-refractivity contribution in [2.24, 2.45) is 5.92 Å². The molecule has 1 aromatic carbocycles. The van der Waals surface area contributed by atoms with E-state index in [1.165, 1.54) is 31.2 Å². The van der Waals surface area contributed by atoms with Gasteiger partial charge in [-0.1, -0.05) is 6.07 Å². The predicted molar refractivity (Wildman–Crippen MR) is 117 cm³/mol. The summed E-state index contributed by atoms with van der Waals surface area (Å²) >= 11 is 0. The third kappa shape index (κ3) is 4.37. The highest BCUT2D eigenvalue weighted by Crippen LogP contribution is 2.22. The standard InChI is InChI=1S/C22H21FN6O5/c1-12-15(23)7-13(19(30)26-27-20(31)14-10-28(11-14)22(33)34-2)8-16(12)25-21(32)17-9-24-18-5-3-4-6-29(17)18/h3-9,14H,10-11H2,1-2H3,(H,25,32)(H,26,30)(H,27,31). The van der Waals surface area contributed by atoms with Crippen LogP contribution in [0.15, 0.2) is 42.7 Å². The maximum Gasteiger partial charge on any atom is 0.409 e. The summed E-state index contributed by atoms with van der Waals surface area (Å²) in [4.78, 5) is 54.2. The fourth-order valence-corrected chi connectivity index (χ4v) is 3.44. The third-order valence-electron chi connectivity index (χ3n) is 5.49. The van der Waals surface area contributed by atoms with Crippen molar-refractivity contribution >= 4 is 35.1 Å². The number of nitrogens with one attached hydrogen (secondary N) is 3. The van der Waals surface area contributed by atoms with Gasteiger partial charge in [-0.3, -0.25) is 29.6 Å². The molecular weight excluding hydrogens is 447 g/mol. The molecule has 0 bridgehead atoms. The lowest BCUT2D eigenvalue weighted by molar-refractivity contribution is -0.130. The summed E-state index contributed by atoms with van der Waals surface area (Å²) in [5, 5.41) is 2.61. The maximum atomic E-state index is 14.5. The van der Waals surface area contributed by atoms with E-state index < -0.39 is 35.5 Å². The first kappa shape index (κ1) is 22.7. The molecule has 3 heterocycles. The first-order valence-corrected chi connectivity index (χ1v) is 10.2. The fourth-order valence-electron chi connectivity index (χ4n) is 3.44. The van der Waals surface area contributed by atoms with E-state index in [1.54, 1.807) is 28.8 Å². The number of hydrogen-bond acceptors (Lipinski definition) is 6. The number of likely N-dealkylation sites (tertiary alicyclic amines) is 1. The average molecular weight is 468 g/mol. The Hall–Kier alpha value is -4.48. The monoisotopic (exact) mass is 468 g/mol. The molecule has 0 aliphatic carbocycles. The number of nitrogens with zero attached hydrogens (tertiary/aromatic N) is 3. The van der Waals surface area contributed by atoms with Crippen molar-refractivity contribution in [2.75, 3.05) is 25.5 Å². The van der Waals surface area contributed by atoms with Gasteiger partial charge in [-0.15, -0.1) is 0 Å². The Morgan fingerprint density at radius 2 is 1.88 bits per heavy atom. The van der Waals surface area contributed by atoms with Gasteiger partial charge in [0.15, 0.2) is 0 Å². The largest absolute Gasteiger partial charge is 0.453 e. The van der Waals surface area contributed by atoms with Gasteiger partial charge in [0, 0.05) is 36.1 Å². The topological polar surface area (TPSA) is 134 Å². The Morgan fingerprint density at radius 3 is 2.62 bits per heavy atom. The zero-order valence-corrected chi connectivity index (χ0v) is 18.3. The average Bonchev–Trinajstić information content (AvgIpc) is 3.23. The summed E-state index contributed by atoms with van der Waals surface area (Å²) in [5.74, 6) is -3.02. The minimum absolute atomic E-state index is 0.0973. The number of anilines is 1. The second kappa shape index (κ2) is 9.17. The summed E-state index contributed by atoms with van der Waals surface area (Å²) in [7, 11) is 1.24. The highest BCUT2D eigenvalue weighted by Gasteiger charge is 2.36. The van der Waals surface area contributed by atoms with Gasteiger partial charge < -0.3 is 15.0 Å². The molecule has 1 saturated heterocycles. The molecule has 0 atom stereocenters. The Kier molecular flexibility index (Phi) is 6.13. The van der Waals surface area contributed by atoms with Crippen LogP contribution in [0.4, 0.5) is 14.9 Å². The second-order valence-electron chi connectivity index (χ2n) is 7.67. The molecule has 0 radical (unpaired) electrons. The number of aromatic nitrogens is 2. The molecule has 12 heteroatoms. The molecule has 3 aromatic rings. The second-order valence-corrected chi connectivity index (χ2v) is 7.67. The van der Waals surface area contributed by atoms with Crippen molar-refractivity contribution in [3.8, 4) is 0 Å². The molecule has 0 saturated carbocycles. The summed E-state index contributed by atoms with van der Waals surface area (Å²) in [6.07, 6.45) is 2.52. The molecule has 0 unspecified atom stereocenters. The number of benzene rings is 1. The first-order chi connectivity index (χ1) is 16.3. The van der Waals surface area contributed by atoms with Crippen LogP contribution in [0.2, 0.25) is 0 Å². The summed E-state index contributed by atoms with van der Waals surface area (Å²) in [5.41, 5.74) is 5.41. The van der Waals surface area contributed by atoms with Crippen molar-refractivity contribution < 1.29 is 28.3 Å². The molecule has 4 rings (SSSR count).